The highest BCUT2D eigenvalue weighted by molar-refractivity contribution is 7.89. The number of nitrogens with zero attached hydrogens (tertiary/aromatic N) is 1. The molecular weight excluding hydrogens is 330 g/mol. The molecule has 8 heteroatoms. The monoisotopic (exact) mass is 345 g/mol. The SMILES string of the molecule is Cc1cnc(CNS(=O)(=O)c2cc(Cl)cc(CN)c2C)s1. The number of benzene rings is 1. The molecule has 0 aliphatic rings. The van der Waals surface area contributed by atoms with Crippen LogP contribution < -0.4 is 10.5 Å². The fraction of sp³-hybridized carbons (Fsp3) is 0.308. The molecule has 1 aromatic heterocycles. The second-order valence-corrected chi connectivity index (χ2v) is 8.07. The first kappa shape index (κ1) is 16.4. The molecule has 5 nitrogen and oxygen atoms in total. The minimum Gasteiger partial charge on any atom is -0.326 e. The summed E-state index contributed by atoms with van der Waals surface area (Å²) in [7, 11) is -3.66. The van der Waals surface area contributed by atoms with Crippen molar-refractivity contribution in [2.45, 2.75) is 31.8 Å². The van der Waals surface area contributed by atoms with Gasteiger partial charge in [0, 0.05) is 22.6 Å². The molecule has 0 bridgehead atoms. The Morgan fingerprint density at radius 2 is 2.10 bits per heavy atom. The number of aryl methyl sites for hydroxylation is 1. The third kappa shape index (κ3) is 3.81. The topological polar surface area (TPSA) is 85.1 Å². The maximum Gasteiger partial charge on any atom is 0.241 e. The molecule has 21 heavy (non-hydrogen) atoms. The molecular formula is C13H16ClN3O2S2. The lowest BCUT2D eigenvalue weighted by atomic mass is 10.1. The van der Waals surface area contributed by atoms with E-state index in [4.69, 9.17) is 17.3 Å². The minimum absolute atomic E-state index is 0.156. The molecule has 0 saturated heterocycles. The minimum atomic E-state index is -3.66. The molecule has 0 aliphatic heterocycles. The van der Waals surface area contributed by atoms with E-state index < -0.39 is 10.0 Å². The van der Waals surface area contributed by atoms with Crippen LogP contribution in [0.1, 0.15) is 21.0 Å². The highest BCUT2D eigenvalue weighted by Gasteiger charge is 2.19. The third-order valence-corrected chi connectivity index (χ3v) is 5.68. The van der Waals surface area contributed by atoms with E-state index >= 15 is 0 Å². The van der Waals surface area contributed by atoms with Crippen molar-refractivity contribution in [3.8, 4) is 0 Å². The Morgan fingerprint density at radius 1 is 1.38 bits per heavy atom. The third-order valence-electron chi connectivity index (χ3n) is 3.02. The van der Waals surface area contributed by atoms with Gasteiger partial charge in [-0.25, -0.2) is 18.1 Å². The van der Waals surface area contributed by atoms with Gasteiger partial charge in [0.1, 0.15) is 5.01 Å². The molecule has 0 unspecified atom stereocenters. The number of nitrogens with one attached hydrogen (secondary N) is 1. The van der Waals surface area contributed by atoms with Gasteiger partial charge in [0.15, 0.2) is 0 Å². The largest absolute Gasteiger partial charge is 0.326 e. The average molecular weight is 346 g/mol. The lowest BCUT2D eigenvalue weighted by Gasteiger charge is -2.12. The Labute approximate surface area is 133 Å². The summed E-state index contributed by atoms with van der Waals surface area (Å²) in [5.41, 5.74) is 6.95. The molecule has 0 saturated carbocycles. The van der Waals surface area contributed by atoms with E-state index in [-0.39, 0.29) is 18.0 Å². The van der Waals surface area contributed by atoms with E-state index in [9.17, 15) is 8.42 Å². The van der Waals surface area contributed by atoms with Gasteiger partial charge >= 0.3 is 0 Å². The second kappa shape index (κ2) is 6.41. The maximum atomic E-state index is 12.4. The molecule has 0 fully saturated rings. The molecule has 2 rings (SSSR count). The number of thiazole rings is 1. The van der Waals surface area contributed by atoms with Gasteiger partial charge in [-0.2, -0.15) is 0 Å². The number of aromatic nitrogens is 1. The first-order valence-corrected chi connectivity index (χ1v) is 8.91. The van der Waals surface area contributed by atoms with Gasteiger partial charge in [0.05, 0.1) is 11.4 Å². The molecule has 2 aromatic rings. The van der Waals surface area contributed by atoms with Crippen LogP contribution in [-0.4, -0.2) is 13.4 Å². The standard InChI is InChI=1S/C13H16ClN3O2S2/c1-8-6-16-13(20-8)7-17-21(18,19)12-4-11(14)3-10(5-15)9(12)2/h3-4,6,17H,5,7,15H2,1-2H3. The van der Waals surface area contributed by atoms with Gasteiger partial charge in [-0.15, -0.1) is 11.3 Å². The van der Waals surface area contributed by atoms with Crippen molar-refractivity contribution in [1.82, 2.24) is 9.71 Å². The number of sulfonamides is 1. The molecule has 0 amide bonds. The summed E-state index contributed by atoms with van der Waals surface area (Å²) in [5, 5.41) is 1.07. The van der Waals surface area contributed by atoms with Crippen molar-refractivity contribution in [3.05, 3.63) is 44.4 Å². The van der Waals surface area contributed by atoms with Gasteiger partial charge in [-0.3, -0.25) is 0 Å². The van der Waals surface area contributed by atoms with Crippen molar-refractivity contribution in [1.29, 1.82) is 0 Å². The van der Waals surface area contributed by atoms with E-state index in [2.05, 4.69) is 9.71 Å². The predicted octanol–water partition coefficient (Wildman–Crippen LogP) is 2.35. The van der Waals surface area contributed by atoms with Crippen LogP contribution in [0.4, 0.5) is 0 Å². The fourth-order valence-electron chi connectivity index (χ4n) is 1.92. The summed E-state index contributed by atoms with van der Waals surface area (Å²) in [5.74, 6) is 0. The van der Waals surface area contributed by atoms with Crippen LogP contribution in [0, 0.1) is 13.8 Å². The van der Waals surface area contributed by atoms with Crippen LogP contribution in [0.3, 0.4) is 0 Å². The summed E-state index contributed by atoms with van der Waals surface area (Å²) in [6, 6.07) is 3.12. The Bertz CT molecular complexity index is 757. The van der Waals surface area contributed by atoms with Crippen LogP contribution in [-0.2, 0) is 23.1 Å². The van der Waals surface area contributed by atoms with Crippen molar-refractivity contribution < 1.29 is 8.42 Å². The first-order valence-electron chi connectivity index (χ1n) is 6.23. The molecule has 114 valence electrons. The average Bonchev–Trinajstić information content (AvgIpc) is 2.84. The molecule has 0 atom stereocenters. The number of nitrogens with two attached hydrogens (primary N) is 1. The number of rotatable bonds is 5. The summed E-state index contributed by atoms with van der Waals surface area (Å²) >= 11 is 7.42. The number of halogens is 1. The van der Waals surface area contributed by atoms with E-state index in [1.54, 1.807) is 19.2 Å². The van der Waals surface area contributed by atoms with Crippen LogP contribution in [0.15, 0.2) is 23.2 Å². The quantitative estimate of drug-likeness (QED) is 0.871. The van der Waals surface area contributed by atoms with E-state index in [0.29, 0.717) is 16.1 Å². The summed E-state index contributed by atoms with van der Waals surface area (Å²) in [6.07, 6.45) is 1.71. The zero-order valence-electron chi connectivity index (χ0n) is 11.7. The predicted molar refractivity (Wildman–Crippen MR) is 85.0 cm³/mol. The summed E-state index contributed by atoms with van der Waals surface area (Å²) < 4.78 is 27.4. The Kier molecular flexibility index (Phi) is 5.00. The van der Waals surface area contributed by atoms with Gasteiger partial charge in [-0.05, 0) is 37.1 Å². The second-order valence-electron chi connectivity index (χ2n) is 4.58. The van der Waals surface area contributed by atoms with Gasteiger partial charge < -0.3 is 5.73 Å². The van der Waals surface area contributed by atoms with E-state index in [1.807, 2.05) is 6.92 Å². The highest BCUT2D eigenvalue weighted by Crippen LogP contribution is 2.24. The van der Waals surface area contributed by atoms with Crippen molar-refractivity contribution in [2.75, 3.05) is 0 Å². The molecule has 0 aliphatic carbocycles. The summed E-state index contributed by atoms with van der Waals surface area (Å²) in [4.78, 5) is 5.32. The Morgan fingerprint density at radius 3 is 2.67 bits per heavy atom. The van der Waals surface area contributed by atoms with Crippen molar-refractivity contribution >= 4 is 33.0 Å². The number of hydrogen-bond acceptors (Lipinski definition) is 5. The van der Waals surface area contributed by atoms with Gasteiger partial charge in [0.2, 0.25) is 10.0 Å². The molecule has 0 radical (unpaired) electrons. The zero-order chi connectivity index (χ0) is 15.6. The molecule has 1 heterocycles. The van der Waals surface area contributed by atoms with Crippen LogP contribution in [0.2, 0.25) is 5.02 Å². The summed E-state index contributed by atoms with van der Waals surface area (Å²) in [6.45, 7) is 4.04. The Hall–Kier alpha value is -0.990. The van der Waals surface area contributed by atoms with Crippen molar-refractivity contribution in [2.24, 2.45) is 5.73 Å². The van der Waals surface area contributed by atoms with Crippen LogP contribution >= 0.6 is 22.9 Å². The van der Waals surface area contributed by atoms with Gasteiger partial charge in [-0.1, -0.05) is 11.6 Å². The number of hydrogen-bond donors (Lipinski definition) is 2. The molecule has 0 spiro atoms. The smallest absolute Gasteiger partial charge is 0.241 e. The van der Waals surface area contributed by atoms with Crippen LogP contribution in [0.25, 0.3) is 0 Å². The fourth-order valence-corrected chi connectivity index (χ4v) is 4.34. The van der Waals surface area contributed by atoms with E-state index in [1.165, 1.54) is 17.4 Å². The highest BCUT2D eigenvalue weighted by atomic mass is 35.5. The molecule has 1 aromatic carbocycles. The lowest BCUT2D eigenvalue weighted by Crippen LogP contribution is -2.24. The first-order chi connectivity index (χ1) is 9.83. The van der Waals surface area contributed by atoms with Gasteiger partial charge in [0.25, 0.3) is 0 Å². The maximum absolute atomic E-state index is 12.4. The zero-order valence-corrected chi connectivity index (χ0v) is 14.1. The van der Waals surface area contributed by atoms with E-state index in [0.717, 1.165) is 9.88 Å². The Balaban J connectivity index is 2.29. The lowest BCUT2D eigenvalue weighted by molar-refractivity contribution is 0.580. The van der Waals surface area contributed by atoms with Crippen LogP contribution in [0.5, 0.6) is 0 Å². The van der Waals surface area contributed by atoms with Crippen molar-refractivity contribution in [3.63, 3.8) is 0 Å². The normalized spacial score (nSPS) is 11.8. The molecule has 3 N–H and O–H groups in total.